The van der Waals surface area contributed by atoms with Gasteiger partial charge >= 0.3 is 0 Å². The van der Waals surface area contributed by atoms with Crippen molar-refractivity contribution in [3.05, 3.63) is 35.9 Å². The first-order chi connectivity index (χ1) is 9.05. The molecular formula is C16H25ClN2O. The normalized spacial score (nSPS) is 19.1. The highest BCUT2D eigenvalue weighted by molar-refractivity contribution is 5.87. The van der Waals surface area contributed by atoms with Crippen LogP contribution < -0.4 is 5.73 Å². The molecule has 0 spiro atoms. The Labute approximate surface area is 127 Å². The molecule has 1 aromatic rings. The van der Waals surface area contributed by atoms with Gasteiger partial charge in [0.15, 0.2) is 0 Å². The van der Waals surface area contributed by atoms with Crippen LogP contribution in [0.15, 0.2) is 30.3 Å². The molecule has 1 amide bonds. The number of carbonyl (C=O) groups excluding carboxylic acids is 1. The Morgan fingerprint density at radius 2 is 1.85 bits per heavy atom. The SMILES string of the molecule is CCC1CCN(C(=O)C(C)(N)c2ccccc2)CC1.Cl. The van der Waals surface area contributed by atoms with Crippen molar-refractivity contribution in [2.24, 2.45) is 11.7 Å². The third-order valence-electron chi connectivity index (χ3n) is 4.30. The number of piperidine rings is 1. The lowest BCUT2D eigenvalue weighted by molar-refractivity contribution is -0.138. The zero-order chi connectivity index (χ0) is 13.9. The second-order valence-electron chi connectivity index (χ2n) is 5.71. The number of nitrogens with zero attached hydrogens (tertiary/aromatic N) is 1. The van der Waals surface area contributed by atoms with Crippen LogP contribution in [-0.4, -0.2) is 23.9 Å². The van der Waals surface area contributed by atoms with Gasteiger partial charge in [-0.2, -0.15) is 0 Å². The van der Waals surface area contributed by atoms with Gasteiger partial charge in [0.25, 0.3) is 0 Å². The summed E-state index contributed by atoms with van der Waals surface area (Å²) in [5.41, 5.74) is 6.26. The van der Waals surface area contributed by atoms with Crippen molar-refractivity contribution < 1.29 is 4.79 Å². The number of amides is 1. The molecule has 0 aromatic heterocycles. The highest BCUT2D eigenvalue weighted by atomic mass is 35.5. The molecule has 1 atom stereocenters. The summed E-state index contributed by atoms with van der Waals surface area (Å²) < 4.78 is 0. The summed E-state index contributed by atoms with van der Waals surface area (Å²) in [7, 11) is 0. The van der Waals surface area contributed by atoms with Crippen LogP contribution in [0.2, 0.25) is 0 Å². The summed E-state index contributed by atoms with van der Waals surface area (Å²) >= 11 is 0. The number of likely N-dealkylation sites (tertiary alicyclic amines) is 1. The van der Waals surface area contributed by atoms with Gasteiger partial charge in [-0.1, -0.05) is 43.7 Å². The molecule has 3 nitrogen and oxygen atoms in total. The van der Waals surface area contributed by atoms with Crippen molar-refractivity contribution >= 4 is 18.3 Å². The van der Waals surface area contributed by atoms with Gasteiger partial charge in [-0.3, -0.25) is 4.79 Å². The van der Waals surface area contributed by atoms with Crippen LogP contribution in [0.4, 0.5) is 0 Å². The molecule has 20 heavy (non-hydrogen) atoms. The smallest absolute Gasteiger partial charge is 0.246 e. The molecule has 1 aromatic carbocycles. The molecule has 0 bridgehead atoms. The monoisotopic (exact) mass is 296 g/mol. The third kappa shape index (κ3) is 3.53. The van der Waals surface area contributed by atoms with E-state index in [0.29, 0.717) is 0 Å². The van der Waals surface area contributed by atoms with Gasteiger partial charge < -0.3 is 10.6 Å². The number of carbonyl (C=O) groups is 1. The van der Waals surface area contributed by atoms with E-state index in [1.54, 1.807) is 0 Å². The summed E-state index contributed by atoms with van der Waals surface area (Å²) in [5, 5.41) is 0. The second-order valence-corrected chi connectivity index (χ2v) is 5.71. The van der Waals surface area contributed by atoms with Gasteiger partial charge in [-0.15, -0.1) is 12.4 Å². The lowest BCUT2D eigenvalue weighted by atomic mass is 9.89. The van der Waals surface area contributed by atoms with Gasteiger partial charge in [-0.05, 0) is 31.2 Å². The standard InChI is InChI=1S/C16H24N2O.ClH/c1-3-13-9-11-18(12-10-13)15(19)16(2,17)14-7-5-4-6-8-14;/h4-8,13H,3,9-12,17H2,1-2H3;1H. The van der Waals surface area contributed by atoms with Gasteiger partial charge in [0.05, 0.1) is 0 Å². The lowest BCUT2D eigenvalue weighted by Crippen LogP contribution is -2.52. The molecule has 1 fully saturated rings. The summed E-state index contributed by atoms with van der Waals surface area (Å²) in [5.74, 6) is 0.818. The average Bonchev–Trinajstić information content (AvgIpc) is 2.47. The number of rotatable bonds is 3. The Morgan fingerprint density at radius 1 is 1.30 bits per heavy atom. The summed E-state index contributed by atoms with van der Waals surface area (Å²) in [6.07, 6.45) is 3.42. The Morgan fingerprint density at radius 3 is 2.35 bits per heavy atom. The zero-order valence-electron chi connectivity index (χ0n) is 12.3. The van der Waals surface area contributed by atoms with E-state index >= 15 is 0 Å². The highest BCUT2D eigenvalue weighted by Gasteiger charge is 2.35. The molecule has 2 rings (SSSR count). The fourth-order valence-electron chi connectivity index (χ4n) is 2.78. The highest BCUT2D eigenvalue weighted by Crippen LogP contribution is 2.25. The van der Waals surface area contributed by atoms with Crippen LogP contribution in [0, 0.1) is 5.92 Å². The first kappa shape index (κ1) is 17.0. The molecule has 1 aliphatic heterocycles. The average molecular weight is 297 g/mol. The van der Waals surface area contributed by atoms with Gasteiger partial charge in [-0.25, -0.2) is 0 Å². The molecule has 1 saturated heterocycles. The van der Waals surface area contributed by atoms with Crippen molar-refractivity contribution in [3.63, 3.8) is 0 Å². The fraction of sp³-hybridized carbons (Fsp3) is 0.562. The predicted molar refractivity (Wildman–Crippen MR) is 84.8 cm³/mol. The van der Waals surface area contributed by atoms with Gasteiger partial charge in [0.1, 0.15) is 5.54 Å². The van der Waals surface area contributed by atoms with Crippen molar-refractivity contribution in [2.75, 3.05) is 13.1 Å². The van der Waals surface area contributed by atoms with E-state index in [-0.39, 0.29) is 18.3 Å². The van der Waals surface area contributed by atoms with Crippen molar-refractivity contribution in [1.29, 1.82) is 0 Å². The molecule has 0 aliphatic carbocycles. The maximum atomic E-state index is 12.6. The van der Waals surface area contributed by atoms with Gasteiger partial charge in [0.2, 0.25) is 5.91 Å². The molecule has 112 valence electrons. The summed E-state index contributed by atoms with van der Waals surface area (Å²) in [6.45, 7) is 5.73. The zero-order valence-corrected chi connectivity index (χ0v) is 13.2. The van der Waals surface area contributed by atoms with Crippen LogP contribution >= 0.6 is 12.4 Å². The van der Waals surface area contributed by atoms with E-state index in [1.165, 1.54) is 6.42 Å². The van der Waals surface area contributed by atoms with E-state index in [2.05, 4.69) is 6.92 Å². The Balaban J connectivity index is 0.00000200. The van der Waals surface area contributed by atoms with Crippen LogP contribution in [0.25, 0.3) is 0 Å². The number of benzene rings is 1. The summed E-state index contributed by atoms with van der Waals surface area (Å²) in [4.78, 5) is 14.5. The molecule has 1 heterocycles. The van der Waals surface area contributed by atoms with E-state index in [9.17, 15) is 4.79 Å². The minimum absolute atomic E-state index is 0. The van der Waals surface area contributed by atoms with Crippen molar-refractivity contribution in [3.8, 4) is 0 Å². The van der Waals surface area contributed by atoms with Crippen LogP contribution in [0.3, 0.4) is 0 Å². The molecule has 2 N–H and O–H groups in total. The van der Waals surface area contributed by atoms with Crippen LogP contribution in [0.1, 0.15) is 38.7 Å². The molecule has 0 saturated carbocycles. The van der Waals surface area contributed by atoms with Gasteiger partial charge in [0, 0.05) is 13.1 Å². The maximum Gasteiger partial charge on any atom is 0.246 e. The number of hydrogen-bond donors (Lipinski definition) is 1. The molecule has 4 heteroatoms. The molecule has 0 radical (unpaired) electrons. The van der Waals surface area contributed by atoms with E-state index < -0.39 is 5.54 Å². The van der Waals surface area contributed by atoms with E-state index in [1.807, 2.05) is 42.2 Å². The number of hydrogen-bond acceptors (Lipinski definition) is 2. The quantitative estimate of drug-likeness (QED) is 0.932. The largest absolute Gasteiger partial charge is 0.341 e. The molecule has 1 aliphatic rings. The Hall–Kier alpha value is -1.06. The number of nitrogens with two attached hydrogens (primary N) is 1. The van der Waals surface area contributed by atoms with E-state index in [0.717, 1.165) is 37.4 Å². The summed E-state index contributed by atoms with van der Waals surface area (Å²) in [6, 6.07) is 9.65. The minimum Gasteiger partial charge on any atom is -0.341 e. The maximum absolute atomic E-state index is 12.6. The Bertz CT molecular complexity index is 425. The first-order valence-electron chi connectivity index (χ1n) is 7.19. The first-order valence-corrected chi connectivity index (χ1v) is 7.19. The lowest BCUT2D eigenvalue weighted by Gasteiger charge is -2.36. The van der Waals surface area contributed by atoms with Crippen molar-refractivity contribution in [1.82, 2.24) is 4.90 Å². The molecular weight excluding hydrogens is 272 g/mol. The van der Waals surface area contributed by atoms with Crippen molar-refractivity contribution in [2.45, 2.75) is 38.6 Å². The minimum atomic E-state index is -0.916. The van der Waals surface area contributed by atoms with Crippen LogP contribution in [-0.2, 0) is 10.3 Å². The predicted octanol–water partition coefficient (Wildman–Crippen LogP) is 2.93. The topological polar surface area (TPSA) is 46.3 Å². The van der Waals surface area contributed by atoms with Crippen LogP contribution in [0.5, 0.6) is 0 Å². The molecule has 1 unspecified atom stereocenters. The number of halogens is 1. The Kier molecular flexibility index (Phi) is 6.03. The fourth-order valence-corrected chi connectivity index (χ4v) is 2.78. The van der Waals surface area contributed by atoms with E-state index in [4.69, 9.17) is 5.73 Å². The second kappa shape index (κ2) is 7.09. The third-order valence-corrected chi connectivity index (χ3v) is 4.30.